The van der Waals surface area contributed by atoms with Crippen molar-refractivity contribution in [1.29, 1.82) is 0 Å². The predicted molar refractivity (Wildman–Crippen MR) is 67.6 cm³/mol. The number of carbonyl (C=O) groups excluding carboxylic acids is 1. The van der Waals surface area contributed by atoms with Crippen molar-refractivity contribution < 1.29 is 9.90 Å². The fourth-order valence-corrected chi connectivity index (χ4v) is 1.72. The maximum Gasteiger partial charge on any atom is 0.255 e. The van der Waals surface area contributed by atoms with E-state index in [1.165, 1.54) is 18.2 Å². The number of aromatic nitrogens is 2. The summed E-state index contributed by atoms with van der Waals surface area (Å²) in [5, 5.41) is 19.2. The highest BCUT2D eigenvalue weighted by Gasteiger charge is 2.15. The molecule has 2 rings (SSSR count). The lowest BCUT2D eigenvalue weighted by molar-refractivity contribution is 0.0937. The molecule has 0 aliphatic rings. The Labute approximate surface area is 109 Å². The van der Waals surface area contributed by atoms with Crippen LogP contribution in [0.3, 0.4) is 0 Å². The summed E-state index contributed by atoms with van der Waals surface area (Å²) < 4.78 is 0. The first-order valence-corrected chi connectivity index (χ1v) is 5.74. The predicted octanol–water partition coefficient (Wildman–Crippen LogP) is 2.26. The largest absolute Gasteiger partial charge is 0.507 e. The first-order chi connectivity index (χ1) is 8.58. The maximum atomic E-state index is 12.0. The molecule has 1 aromatic carbocycles. The van der Waals surface area contributed by atoms with E-state index >= 15 is 0 Å². The monoisotopic (exact) mass is 265 g/mol. The second-order valence-corrected chi connectivity index (χ2v) is 4.32. The molecular formula is C12H12ClN3O2. The van der Waals surface area contributed by atoms with Crippen LogP contribution in [-0.4, -0.2) is 21.2 Å². The van der Waals surface area contributed by atoms with E-state index in [1.54, 1.807) is 12.4 Å². The highest BCUT2D eigenvalue weighted by atomic mass is 35.5. The molecule has 18 heavy (non-hydrogen) atoms. The summed E-state index contributed by atoms with van der Waals surface area (Å²) >= 11 is 5.79. The van der Waals surface area contributed by atoms with E-state index in [2.05, 4.69) is 15.5 Å². The minimum atomic E-state index is -0.385. The summed E-state index contributed by atoms with van der Waals surface area (Å²) in [5.74, 6) is -0.486. The Balaban J connectivity index is 2.15. The molecule has 5 nitrogen and oxygen atoms in total. The molecule has 0 saturated carbocycles. The second kappa shape index (κ2) is 5.10. The number of nitrogens with zero attached hydrogens (tertiary/aromatic N) is 1. The van der Waals surface area contributed by atoms with E-state index in [4.69, 9.17) is 11.6 Å². The Kier molecular flexibility index (Phi) is 3.53. The third-order valence-electron chi connectivity index (χ3n) is 2.57. The summed E-state index contributed by atoms with van der Waals surface area (Å²) in [5.41, 5.74) is 1.00. The maximum absolute atomic E-state index is 12.0. The van der Waals surface area contributed by atoms with Gasteiger partial charge in [0.1, 0.15) is 5.75 Å². The van der Waals surface area contributed by atoms with Gasteiger partial charge in [0, 0.05) is 16.8 Å². The molecule has 0 aliphatic carbocycles. The molecule has 94 valence electrons. The molecule has 2 aromatic rings. The van der Waals surface area contributed by atoms with Crippen LogP contribution in [0.25, 0.3) is 0 Å². The number of rotatable bonds is 3. The zero-order chi connectivity index (χ0) is 13.1. The molecule has 0 saturated heterocycles. The van der Waals surface area contributed by atoms with Gasteiger partial charge in [0.05, 0.1) is 17.8 Å². The van der Waals surface area contributed by atoms with Crippen molar-refractivity contribution in [2.24, 2.45) is 0 Å². The van der Waals surface area contributed by atoms with Gasteiger partial charge in [-0.3, -0.25) is 9.89 Å². The summed E-state index contributed by atoms with van der Waals surface area (Å²) in [4.78, 5) is 12.0. The van der Waals surface area contributed by atoms with Crippen LogP contribution in [-0.2, 0) is 0 Å². The van der Waals surface area contributed by atoms with E-state index in [0.29, 0.717) is 5.02 Å². The lowest BCUT2D eigenvalue weighted by Gasteiger charge is -2.12. The van der Waals surface area contributed by atoms with Gasteiger partial charge < -0.3 is 10.4 Å². The van der Waals surface area contributed by atoms with Crippen LogP contribution in [0.4, 0.5) is 0 Å². The Morgan fingerprint density at radius 2 is 2.33 bits per heavy atom. The number of hydrogen-bond donors (Lipinski definition) is 3. The molecule has 1 unspecified atom stereocenters. The Bertz CT molecular complexity index is 554. The average molecular weight is 266 g/mol. The fraction of sp³-hybridized carbons (Fsp3) is 0.167. The number of benzene rings is 1. The molecule has 1 atom stereocenters. The van der Waals surface area contributed by atoms with Crippen LogP contribution in [0.2, 0.25) is 5.02 Å². The van der Waals surface area contributed by atoms with Crippen LogP contribution in [0.15, 0.2) is 30.6 Å². The van der Waals surface area contributed by atoms with Crippen molar-refractivity contribution in [3.63, 3.8) is 0 Å². The minimum absolute atomic E-state index is 0.101. The van der Waals surface area contributed by atoms with Crippen molar-refractivity contribution in [1.82, 2.24) is 15.5 Å². The first-order valence-electron chi connectivity index (χ1n) is 5.36. The van der Waals surface area contributed by atoms with Crippen molar-refractivity contribution in [3.8, 4) is 5.75 Å². The number of hydrogen-bond acceptors (Lipinski definition) is 3. The molecule has 0 bridgehead atoms. The number of halogens is 1. The summed E-state index contributed by atoms with van der Waals surface area (Å²) in [6.45, 7) is 1.82. The molecule has 6 heteroatoms. The molecule has 0 spiro atoms. The standard InChI is InChI=1S/C12H12ClN3O2/c1-7(8-5-14-15-6-8)16-12(18)10-4-9(13)2-3-11(10)17/h2-7,17H,1H3,(H,14,15)(H,16,18). The highest BCUT2D eigenvalue weighted by Crippen LogP contribution is 2.22. The van der Waals surface area contributed by atoms with Crippen LogP contribution in [0.5, 0.6) is 5.75 Å². The van der Waals surface area contributed by atoms with Gasteiger partial charge in [-0.05, 0) is 25.1 Å². The number of amides is 1. The quantitative estimate of drug-likeness (QED) is 0.797. The zero-order valence-corrected chi connectivity index (χ0v) is 10.4. The van der Waals surface area contributed by atoms with Crippen LogP contribution in [0, 0.1) is 0 Å². The highest BCUT2D eigenvalue weighted by molar-refractivity contribution is 6.31. The zero-order valence-electron chi connectivity index (χ0n) is 9.64. The van der Waals surface area contributed by atoms with E-state index < -0.39 is 0 Å². The summed E-state index contributed by atoms with van der Waals surface area (Å²) in [7, 11) is 0. The number of carbonyl (C=O) groups is 1. The van der Waals surface area contributed by atoms with Crippen molar-refractivity contribution >= 4 is 17.5 Å². The molecule has 0 aliphatic heterocycles. The number of aromatic hydroxyl groups is 1. The summed E-state index contributed by atoms with van der Waals surface area (Å²) in [6, 6.07) is 4.12. The third kappa shape index (κ3) is 2.62. The number of aromatic amines is 1. The normalized spacial score (nSPS) is 12.1. The van der Waals surface area contributed by atoms with Gasteiger partial charge in [-0.25, -0.2) is 0 Å². The van der Waals surface area contributed by atoms with Gasteiger partial charge in [-0.2, -0.15) is 5.10 Å². The molecule has 1 amide bonds. The lowest BCUT2D eigenvalue weighted by Crippen LogP contribution is -2.26. The SMILES string of the molecule is CC(NC(=O)c1cc(Cl)ccc1O)c1cn[nH]c1. The fourth-order valence-electron chi connectivity index (χ4n) is 1.55. The Hall–Kier alpha value is -2.01. The van der Waals surface area contributed by atoms with Gasteiger partial charge in [0.25, 0.3) is 5.91 Å². The molecule has 1 heterocycles. The second-order valence-electron chi connectivity index (χ2n) is 3.89. The number of nitrogens with one attached hydrogen (secondary N) is 2. The smallest absolute Gasteiger partial charge is 0.255 e. The van der Waals surface area contributed by atoms with E-state index in [1.807, 2.05) is 6.92 Å². The van der Waals surface area contributed by atoms with Crippen LogP contribution < -0.4 is 5.32 Å². The number of H-pyrrole nitrogens is 1. The molecule has 0 radical (unpaired) electrons. The van der Waals surface area contributed by atoms with Crippen molar-refractivity contribution in [2.45, 2.75) is 13.0 Å². The molecule has 1 aromatic heterocycles. The first kappa shape index (κ1) is 12.4. The van der Waals surface area contributed by atoms with Gasteiger partial charge in [0.2, 0.25) is 0 Å². The minimum Gasteiger partial charge on any atom is -0.507 e. The molecule has 3 N–H and O–H groups in total. The van der Waals surface area contributed by atoms with Gasteiger partial charge in [0.15, 0.2) is 0 Å². The Morgan fingerprint density at radius 1 is 1.56 bits per heavy atom. The van der Waals surface area contributed by atoms with Crippen molar-refractivity contribution in [2.75, 3.05) is 0 Å². The lowest BCUT2D eigenvalue weighted by atomic mass is 10.1. The van der Waals surface area contributed by atoms with E-state index in [-0.39, 0.29) is 23.3 Å². The average Bonchev–Trinajstić information content (AvgIpc) is 2.85. The van der Waals surface area contributed by atoms with Gasteiger partial charge in [-0.1, -0.05) is 11.6 Å². The van der Waals surface area contributed by atoms with Crippen molar-refractivity contribution in [3.05, 3.63) is 46.7 Å². The number of phenolic OH excluding ortho intramolecular Hbond substituents is 1. The Morgan fingerprint density at radius 3 is 3.00 bits per heavy atom. The molecular weight excluding hydrogens is 254 g/mol. The third-order valence-corrected chi connectivity index (χ3v) is 2.81. The number of phenols is 1. The molecule has 0 fully saturated rings. The topological polar surface area (TPSA) is 78.0 Å². The van der Waals surface area contributed by atoms with Gasteiger partial charge in [-0.15, -0.1) is 0 Å². The van der Waals surface area contributed by atoms with E-state index in [0.717, 1.165) is 5.56 Å². The van der Waals surface area contributed by atoms with Crippen LogP contribution >= 0.6 is 11.6 Å². The van der Waals surface area contributed by atoms with Crippen LogP contribution in [0.1, 0.15) is 28.9 Å². The van der Waals surface area contributed by atoms with Gasteiger partial charge >= 0.3 is 0 Å². The summed E-state index contributed by atoms with van der Waals surface area (Å²) in [6.07, 6.45) is 3.32. The van der Waals surface area contributed by atoms with E-state index in [9.17, 15) is 9.90 Å².